The van der Waals surface area contributed by atoms with Crippen molar-refractivity contribution in [2.75, 3.05) is 0 Å². The highest BCUT2D eigenvalue weighted by atomic mass is 16.5. The molecule has 35 heavy (non-hydrogen) atoms. The van der Waals surface area contributed by atoms with Crippen molar-refractivity contribution < 1.29 is 9.53 Å². The molecule has 0 unspecified atom stereocenters. The molecule has 0 amide bonds. The molecule has 0 aliphatic heterocycles. The van der Waals surface area contributed by atoms with E-state index in [2.05, 4.69) is 44.2 Å². The largest absolute Gasteiger partial charge is 0.425 e. The Balaban J connectivity index is 1.43. The molecule has 0 heterocycles. The number of benzene rings is 2. The lowest BCUT2D eigenvalue weighted by Crippen LogP contribution is -2.25. The van der Waals surface area contributed by atoms with E-state index in [1.807, 2.05) is 18.2 Å². The van der Waals surface area contributed by atoms with Gasteiger partial charge in [-0.2, -0.15) is 5.26 Å². The van der Waals surface area contributed by atoms with Crippen LogP contribution in [0.1, 0.15) is 119 Å². The molecule has 0 aromatic heterocycles. The number of rotatable bonds is 13. The van der Waals surface area contributed by atoms with Crippen molar-refractivity contribution in [1.29, 1.82) is 5.26 Å². The Kier molecular flexibility index (Phi) is 11.4. The molecule has 0 atom stereocenters. The second-order valence-corrected chi connectivity index (χ2v) is 10.2. The van der Waals surface area contributed by atoms with Gasteiger partial charge in [-0.3, -0.25) is 4.79 Å². The molecular weight excluding hydrogens is 430 g/mol. The highest BCUT2D eigenvalue weighted by Crippen LogP contribution is 2.37. The highest BCUT2D eigenvalue weighted by molar-refractivity contribution is 5.76. The normalized spacial score (nSPS) is 17.6. The standard InChI is InChI=1S/C32H43NO2/c1-3-5-6-7-8-9-10-11-12-26-15-22-31(30(23-26)24-33)35-32(34)29-20-18-28(19-21-29)27-16-13-25(4-2)14-17-27/h13-17,22-23,28-29H,3-12,18-21H2,1-2H3. The molecule has 0 spiro atoms. The molecule has 188 valence electrons. The van der Waals surface area contributed by atoms with E-state index in [1.54, 1.807) is 0 Å². The molecule has 1 aliphatic carbocycles. The molecule has 3 heteroatoms. The topological polar surface area (TPSA) is 50.1 Å². The van der Waals surface area contributed by atoms with Crippen LogP contribution in [-0.4, -0.2) is 5.97 Å². The number of hydrogen-bond acceptors (Lipinski definition) is 3. The van der Waals surface area contributed by atoms with E-state index in [-0.39, 0.29) is 11.9 Å². The SMILES string of the molecule is CCCCCCCCCCc1ccc(OC(=O)C2CCC(c3ccc(CC)cc3)CC2)c(C#N)c1. The van der Waals surface area contributed by atoms with Crippen molar-refractivity contribution in [1.82, 2.24) is 0 Å². The second-order valence-electron chi connectivity index (χ2n) is 10.2. The Bertz CT molecular complexity index is 949. The molecule has 0 N–H and O–H groups in total. The second kappa shape index (κ2) is 14.7. The number of carbonyl (C=O) groups is 1. The lowest BCUT2D eigenvalue weighted by Gasteiger charge is -2.27. The molecule has 3 nitrogen and oxygen atoms in total. The summed E-state index contributed by atoms with van der Waals surface area (Å²) < 4.78 is 5.73. The summed E-state index contributed by atoms with van der Waals surface area (Å²) >= 11 is 0. The monoisotopic (exact) mass is 473 g/mol. The summed E-state index contributed by atoms with van der Waals surface area (Å²) in [6, 6.07) is 16.9. The number of esters is 1. The van der Waals surface area contributed by atoms with Crippen LogP contribution in [0.3, 0.4) is 0 Å². The Morgan fingerprint density at radius 2 is 1.49 bits per heavy atom. The predicted octanol–water partition coefficient (Wildman–Crippen LogP) is 8.68. The third kappa shape index (κ3) is 8.53. The molecule has 2 aromatic carbocycles. The van der Waals surface area contributed by atoms with Crippen LogP contribution >= 0.6 is 0 Å². The van der Waals surface area contributed by atoms with Crippen LogP contribution in [0.2, 0.25) is 0 Å². The molecular formula is C32H43NO2. The smallest absolute Gasteiger partial charge is 0.314 e. The van der Waals surface area contributed by atoms with E-state index >= 15 is 0 Å². The van der Waals surface area contributed by atoms with E-state index in [9.17, 15) is 10.1 Å². The number of hydrogen-bond donors (Lipinski definition) is 0. The van der Waals surface area contributed by atoms with Crippen LogP contribution in [0, 0.1) is 17.2 Å². The van der Waals surface area contributed by atoms with Crippen molar-refractivity contribution in [3.63, 3.8) is 0 Å². The maximum absolute atomic E-state index is 12.9. The highest BCUT2D eigenvalue weighted by Gasteiger charge is 2.29. The van der Waals surface area contributed by atoms with Gasteiger partial charge in [-0.25, -0.2) is 0 Å². The van der Waals surface area contributed by atoms with Gasteiger partial charge in [0.1, 0.15) is 11.8 Å². The third-order valence-corrected chi connectivity index (χ3v) is 7.61. The van der Waals surface area contributed by atoms with E-state index in [4.69, 9.17) is 4.74 Å². The first kappa shape index (κ1) is 27.0. The summed E-state index contributed by atoms with van der Waals surface area (Å²) in [6.07, 6.45) is 16.1. The van der Waals surface area contributed by atoms with Gasteiger partial charge < -0.3 is 4.74 Å². The fourth-order valence-corrected chi connectivity index (χ4v) is 5.25. The zero-order valence-corrected chi connectivity index (χ0v) is 21.9. The van der Waals surface area contributed by atoms with Gasteiger partial charge in [0.05, 0.1) is 11.5 Å². The average molecular weight is 474 g/mol. The summed E-state index contributed by atoms with van der Waals surface area (Å²) in [5.41, 5.74) is 4.37. The number of aryl methyl sites for hydroxylation is 2. The summed E-state index contributed by atoms with van der Waals surface area (Å²) in [5.74, 6) is 0.673. The van der Waals surface area contributed by atoms with Crippen molar-refractivity contribution in [2.45, 2.75) is 110 Å². The molecule has 2 aromatic rings. The van der Waals surface area contributed by atoms with Crippen molar-refractivity contribution in [3.8, 4) is 11.8 Å². The van der Waals surface area contributed by atoms with Gasteiger partial charge in [0.25, 0.3) is 0 Å². The first-order chi connectivity index (χ1) is 17.1. The maximum Gasteiger partial charge on any atom is 0.314 e. The van der Waals surface area contributed by atoms with Crippen LogP contribution in [0.15, 0.2) is 42.5 Å². The lowest BCUT2D eigenvalue weighted by atomic mass is 9.78. The number of ether oxygens (including phenoxy) is 1. The molecule has 3 rings (SSSR count). The van der Waals surface area contributed by atoms with Gasteiger partial charge in [0, 0.05) is 0 Å². The molecule has 0 radical (unpaired) electrons. The molecule has 0 saturated heterocycles. The Morgan fingerprint density at radius 1 is 0.857 bits per heavy atom. The van der Waals surface area contributed by atoms with Crippen LogP contribution in [0.25, 0.3) is 0 Å². The number of carbonyl (C=O) groups excluding carboxylic acids is 1. The van der Waals surface area contributed by atoms with Crippen molar-refractivity contribution >= 4 is 5.97 Å². The zero-order valence-electron chi connectivity index (χ0n) is 21.9. The van der Waals surface area contributed by atoms with Crippen molar-refractivity contribution in [2.24, 2.45) is 5.92 Å². The Morgan fingerprint density at radius 3 is 2.11 bits per heavy atom. The van der Waals surface area contributed by atoms with Gasteiger partial charge in [0.15, 0.2) is 0 Å². The fraction of sp³-hybridized carbons (Fsp3) is 0.562. The van der Waals surface area contributed by atoms with Crippen LogP contribution < -0.4 is 4.74 Å². The quantitative estimate of drug-likeness (QED) is 0.166. The molecule has 1 saturated carbocycles. The van der Waals surface area contributed by atoms with Crippen LogP contribution in [-0.2, 0) is 17.6 Å². The first-order valence-corrected chi connectivity index (χ1v) is 14.0. The number of unbranched alkanes of at least 4 members (excludes halogenated alkanes) is 7. The molecule has 1 fully saturated rings. The van der Waals surface area contributed by atoms with Gasteiger partial charge in [-0.05, 0) is 79.7 Å². The fourth-order valence-electron chi connectivity index (χ4n) is 5.25. The van der Waals surface area contributed by atoms with Crippen LogP contribution in [0.5, 0.6) is 5.75 Å². The minimum atomic E-state index is -0.183. The van der Waals surface area contributed by atoms with Gasteiger partial charge >= 0.3 is 5.97 Å². The number of nitriles is 1. The minimum absolute atomic E-state index is 0.0790. The first-order valence-electron chi connectivity index (χ1n) is 14.0. The number of nitrogens with zero attached hydrogens (tertiary/aromatic N) is 1. The molecule has 1 aliphatic rings. The minimum Gasteiger partial charge on any atom is -0.425 e. The summed E-state index contributed by atoms with van der Waals surface area (Å²) in [6.45, 7) is 4.43. The van der Waals surface area contributed by atoms with Crippen molar-refractivity contribution in [3.05, 3.63) is 64.7 Å². The van der Waals surface area contributed by atoms with Gasteiger partial charge in [-0.15, -0.1) is 0 Å². The third-order valence-electron chi connectivity index (χ3n) is 7.61. The van der Waals surface area contributed by atoms with E-state index in [0.29, 0.717) is 17.2 Å². The van der Waals surface area contributed by atoms with E-state index in [0.717, 1.165) is 50.5 Å². The molecule has 0 bridgehead atoms. The Hall–Kier alpha value is -2.60. The van der Waals surface area contributed by atoms with Crippen LogP contribution in [0.4, 0.5) is 0 Å². The lowest BCUT2D eigenvalue weighted by molar-refractivity contribution is -0.140. The zero-order chi connectivity index (χ0) is 24.9. The van der Waals surface area contributed by atoms with Gasteiger partial charge in [0.2, 0.25) is 0 Å². The van der Waals surface area contributed by atoms with Gasteiger partial charge in [-0.1, -0.05) is 89.1 Å². The van der Waals surface area contributed by atoms with E-state index in [1.165, 1.54) is 56.1 Å². The summed E-state index contributed by atoms with van der Waals surface area (Å²) in [5, 5.41) is 9.64. The Labute approximate surface area is 212 Å². The average Bonchev–Trinajstić information content (AvgIpc) is 2.91. The summed E-state index contributed by atoms with van der Waals surface area (Å²) in [7, 11) is 0. The summed E-state index contributed by atoms with van der Waals surface area (Å²) in [4.78, 5) is 12.9. The van der Waals surface area contributed by atoms with E-state index < -0.39 is 0 Å². The predicted molar refractivity (Wildman–Crippen MR) is 144 cm³/mol. The maximum atomic E-state index is 12.9.